The van der Waals surface area contributed by atoms with Gasteiger partial charge >= 0.3 is 0 Å². The van der Waals surface area contributed by atoms with E-state index in [1.165, 1.54) is 0 Å². The van der Waals surface area contributed by atoms with Crippen molar-refractivity contribution < 1.29 is 18.9 Å². The summed E-state index contributed by atoms with van der Waals surface area (Å²) in [5.74, 6) is 1.90. The van der Waals surface area contributed by atoms with Crippen molar-refractivity contribution in [3.8, 4) is 11.5 Å². The topological polar surface area (TPSA) is 43.4 Å². The Kier molecular flexibility index (Phi) is 7.04. The van der Waals surface area contributed by atoms with E-state index in [4.69, 9.17) is 18.9 Å². The molecule has 0 amide bonds. The van der Waals surface area contributed by atoms with Crippen molar-refractivity contribution in [1.82, 2.24) is 9.80 Å². The van der Waals surface area contributed by atoms with E-state index in [9.17, 15) is 0 Å². The number of hydrogen-bond donors (Lipinski definition) is 0. The molecule has 0 radical (unpaired) electrons. The molecule has 0 aliphatic carbocycles. The molecule has 2 aliphatic rings. The molecule has 170 valence electrons. The van der Waals surface area contributed by atoms with Crippen molar-refractivity contribution in [2.75, 3.05) is 78.9 Å². The summed E-state index contributed by atoms with van der Waals surface area (Å²) >= 11 is 0. The zero-order valence-corrected chi connectivity index (χ0v) is 18.6. The Labute approximate surface area is 189 Å². The van der Waals surface area contributed by atoms with Crippen molar-refractivity contribution in [1.29, 1.82) is 0 Å². The standard InChI is InChI=1S/C26H32N2O4/c1-2-6-22-21(5-1)25(31-19-13-27-9-15-29-16-10-27)23-7-3-4-8-24(23)26(22)32-20-14-28-11-17-30-18-12-28/h1-8H,9-20H2. The maximum absolute atomic E-state index is 6.43. The van der Waals surface area contributed by atoms with Crippen LogP contribution in [0, 0.1) is 0 Å². The molecule has 0 aromatic heterocycles. The van der Waals surface area contributed by atoms with Gasteiger partial charge in [-0.05, 0) is 0 Å². The van der Waals surface area contributed by atoms with Crippen LogP contribution in [0.2, 0.25) is 0 Å². The van der Waals surface area contributed by atoms with Crippen LogP contribution in [0.4, 0.5) is 0 Å². The number of nitrogens with zero attached hydrogens (tertiary/aromatic N) is 2. The van der Waals surface area contributed by atoms with Crippen LogP contribution in [-0.2, 0) is 9.47 Å². The van der Waals surface area contributed by atoms with E-state index in [-0.39, 0.29) is 0 Å². The summed E-state index contributed by atoms with van der Waals surface area (Å²) in [6, 6.07) is 16.8. The van der Waals surface area contributed by atoms with E-state index in [0.717, 1.165) is 98.7 Å². The first-order valence-electron chi connectivity index (χ1n) is 11.7. The Morgan fingerprint density at radius 1 is 0.562 bits per heavy atom. The molecule has 6 nitrogen and oxygen atoms in total. The lowest BCUT2D eigenvalue weighted by atomic mass is 10.0. The number of hydrogen-bond acceptors (Lipinski definition) is 6. The van der Waals surface area contributed by atoms with Crippen molar-refractivity contribution in [3.05, 3.63) is 48.5 Å². The molecule has 2 aliphatic heterocycles. The van der Waals surface area contributed by atoms with Gasteiger partial charge in [-0.25, -0.2) is 0 Å². The van der Waals surface area contributed by atoms with Gasteiger partial charge in [-0.15, -0.1) is 0 Å². The molecule has 2 fully saturated rings. The molecule has 0 atom stereocenters. The van der Waals surface area contributed by atoms with Gasteiger partial charge in [-0.3, -0.25) is 9.80 Å². The molecule has 2 saturated heterocycles. The van der Waals surface area contributed by atoms with E-state index in [0.29, 0.717) is 13.2 Å². The van der Waals surface area contributed by atoms with E-state index in [1.54, 1.807) is 0 Å². The largest absolute Gasteiger partial charge is 0.491 e. The van der Waals surface area contributed by atoms with E-state index in [2.05, 4.69) is 58.3 Å². The summed E-state index contributed by atoms with van der Waals surface area (Å²) in [7, 11) is 0. The smallest absolute Gasteiger partial charge is 0.135 e. The van der Waals surface area contributed by atoms with Crippen LogP contribution in [0.3, 0.4) is 0 Å². The molecular weight excluding hydrogens is 404 g/mol. The molecule has 0 spiro atoms. The molecule has 5 rings (SSSR count). The predicted octanol–water partition coefficient (Wildman–Crippen LogP) is 3.42. The molecule has 32 heavy (non-hydrogen) atoms. The lowest BCUT2D eigenvalue weighted by Gasteiger charge is -2.27. The van der Waals surface area contributed by atoms with Crippen molar-refractivity contribution >= 4 is 21.5 Å². The summed E-state index contributed by atoms with van der Waals surface area (Å²) in [4.78, 5) is 4.80. The maximum atomic E-state index is 6.43. The highest BCUT2D eigenvalue weighted by Gasteiger charge is 2.17. The van der Waals surface area contributed by atoms with Gasteiger partial charge in [-0.1, -0.05) is 48.5 Å². The lowest BCUT2D eigenvalue weighted by Crippen LogP contribution is -2.38. The highest BCUT2D eigenvalue weighted by atomic mass is 16.5. The zero-order valence-electron chi connectivity index (χ0n) is 18.6. The molecule has 0 saturated carbocycles. The Morgan fingerprint density at radius 3 is 1.25 bits per heavy atom. The Bertz CT molecular complexity index is 890. The molecule has 0 unspecified atom stereocenters. The fourth-order valence-electron chi connectivity index (χ4n) is 4.56. The quantitative estimate of drug-likeness (QED) is 0.504. The van der Waals surface area contributed by atoms with Crippen molar-refractivity contribution in [2.45, 2.75) is 0 Å². The average Bonchev–Trinajstić information content (AvgIpc) is 2.86. The Morgan fingerprint density at radius 2 is 0.906 bits per heavy atom. The van der Waals surface area contributed by atoms with Gasteiger partial charge in [0.2, 0.25) is 0 Å². The number of fused-ring (bicyclic) bond motifs is 2. The van der Waals surface area contributed by atoms with E-state index < -0.39 is 0 Å². The van der Waals surface area contributed by atoms with Crippen LogP contribution < -0.4 is 9.47 Å². The molecular formula is C26H32N2O4. The second-order valence-electron chi connectivity index (χ2n) is 8.35. The third kappa shape index (κ3) is 4.84. The van der Waals surface area contributed by atoms with Gasteiger partial charge in [0.15, 0.2) is 0 Å². The normalized spacial score (nSPS) is 18.2. The van der Waals surface area contributed by atoms with Gasteiger partial charge in [-0.2, -0.15) is 0 Å². The molecule has 2 heterocycles. The van der Waals surface area contributed by atoms with Gasteiger partial charge < -0.3 is 18.9 Å². The molecule has 0 bridgehead atoms. The third-order valence-corrected chi connectivity index (χ3v) is 6.35. The summed E-state index contributed by atoms with van der Waals surface area (Å²) in [6.07, 6.45) is 0. The second kappa shape index (κ2) is 10.5. The Hall–Kier alpha value is -2.38. The number of benzene rings is 3. The third-order valence-electron chi connectivity index (χ3n) is 6.35. The van der Waals surface area contributed by atoms with E-state index in [1.807, 2.05) is 0 Å². The van der Waals surface area contributed by atoms with Gasteiger partial charge in [0.05, 0.1) is 26.4 Å². The number of morpholine rings is 2. The van der Waals surface area contributed by atoms with Gasteiger partial charge in [0.25, 0.3) is 0 Å². The minimum atomic E-state index is 0.658. The summed E-state index contributed by atoms with van der Waals surface area (Å²) in [6.45, 7) is 10.3. The first-order valence-corrected chi connectivity index (χ1v) is 11.7. The van der Waals surface area contributed by atoms with Crippen molar-refractivity contribution in [3.63, 3.8) is 0 Å². The van der Waals surface area contributed by atoms with Crippen LogP contribution in [-0.4, -0.2) is 88.7 Å². The van der Waals surface area contributed by atoms with Crippen LogP contribution in [0.15, 0.2) is 48.5 Å². The second-order valence-corrected chi connectivity index (χ2v) is 8.35. The SMILES string of the molecule is c1ccc2c(OCCN3CCOCC3)c3ccccc3c(OCCN3CCOCC3)c2c1. The minimum absolute atomic E-state index is 0.658. The highest BCUT2D eigenvalue weighted by molar-refractivity contribution is 6.11. The van der Waals surface area contributed by atoms with Crippen LogP contribution in [0.1, 0.15) is 0 Å². The zero-order chi connectivity index (χ0) is 21.6. The number of ether oxygens (including phenoxy) is 4. The highest BCUT2D eigenvalue weighted by Crippen LogP contribution is 2.42. The molecule has 3 aromatic carbocycles. The van der Waals surface area contributed by atoms with Gasteiger partial charge in [0.1, 0.15) is 24.7 Å². The van der Waals surface area contributed by atoms with Gasteiger partial charge in [0, 0.05) is 60.8 Å². The minimum Gasteiger partial charge on any atom is -0.491 e. The first kappa shape index (κ1) is 21.5. The molecule has 0 N–H and O–H groups in total. The number of rotatable bonds is 8. The first-order chi connectivity index (χ1) is 15.9. The van der Waals surface area contributed by atoms with Crippen LogP contribution in [0.5, 0.6) is 11.5 Å². The lowest BCUT2D eigenvalue weighted by molar-refractivity contribution is 0.0322. The van der Waals surface area contributed by atoms with Crippen LogP contribution >= 0.6 is 0 Å². The molecule has 6 heteroatoms. The molecule has 3 aromatic rings. The summed E-state index contributed by atoms with van der Waals surface area (Å²) in [5.41, 5.74) is 0. The summed E-state index contributed by atoms with van der Waals surface area (Å²) < 4.78 is 23.8. The predicted molar refractivity (Wildman–Crippen MR) is 127 cm³/mol. The monoisotopic (exact) mass is 436 g/mol. The fourth-order valence-corrected chi connectivity index (χ4v) is 4.56. The van der Waals surface area contributed by atoms with Crippen molar-refractivity contribution in [2.24, 2.45) is 0 Å². The fraction of sp³-hybridized carbons (Fsp3) is 0.462. The average molecular weight is 437 g/mol. The summed E-state index contributed by atoms with van der Waals surface area (Å²) in [5, 5.41) is 4.42. The Balaban J connectivity index is 1.39. The van der Waals surface area contributed by atoms with Crippen LogP contribution in [0.25, 0.3) is 21.5 Å². The van der Waals surface area contributed by atoms with E-state index >= 15 is 0 Å². The maximum Gasteiger partial charge on any atom is 0.135 e.